The lowest BCUT2D eigenvalue weighted by Gasteiger charge is -2.12. The summed E-state index contributed by atoms with van der Waals surface area (Å²) in [4.78, 5) is 0. The van der Waals surface area contributed by atoms with E-state index in [4.69, 9.17) is 0 Å². The van der Waals surface area contributed by atoms with Crippen molar-refractivity contribution in [1.29, 1.82) is 0 Å². The minimum absolute atomic E-state index is 0.901. The van der Waals surface area contributed by atoms with E-state index in [2.05, 4.69) is 61.7 Å². The van der Waals surface area contributed by atoms with Crippen LogP contribution in [-0.4, -0.2) is 0 Å². The molecule has 0 unspecified atom stereocenters. The summed E-state index contributed by atoms with van der Waals surface area (Å²) in [5.41, 5.74) is 5.25. The third-order valence-corrected chi connectivity index (χ3v) is 3.05. The summed E-state index contributed by atoms with van der Waals surface area (Å²) in [5.74, 6) is 0. The normalized spacial score (nSPS) is 10.0. The predicted molar refractivity (Wildman–Crippen MR) is 79.7 cm³/mol. The summed E-state index contributed by atoms with van der Waals surface area (Å²) < 4.78 is 0. The molecule has 2 aromatic rings. The lowest BCUT2D eigenvalue weighted by atomic mass is 9.93. The number of rotatable bonds is 5. The van der Waals surface area contributed by atoms with Gasteiger partial charge in [-0.05, 0) is 35.1 Å². The molecule has 0 aliphatic heterocycles. The molecule has 18 heavy (non-hydrogen) atoms. The molecule has 0 spiro atoms. The molecule has 0 saturated carbocycles. The van der Waals surface area contributed by atoms with Crippen LogP contribution in [0.15, 0.2) is 73.8 Å². The average Bonchev–Trinajstić information content (AvgIpc) is 2.41. The van der Waals surface area contributed by atoms with E-state index in [1.807, 2.05) is 12.2 Å². The molecule has 0 radical (unpaired) electrons. The first-order valence-electron chi connectivity index (χ1n) is 6.24. The molecule has 0 heteroatoms. The van der Waals surface area contributed by atoms with Crippen molar-refractivity contribution in [2.75, 3.05) is 0 Å². The van der Waals surface area contributed by atoms with Crippen molar-refractivity contribution in [2.45, 2.75) is 12.8 Å². The third-order valence-electron chi connectivity index (χ3n) is 3.05. The van der Waals surface area contributed by atoms with E-state index >= 15 is 0 Å². The fourth-order valence-corrected chi connectivity index (χ4v) is 2.23. The van der Waals surface area contributed by atoms with Crippen LogP contribution in [0.2, 0.25) is 0 Å². The molecular weight excluding hydrogens is 216 g/mol. The smallest absolute Gasteiger partial charge is 0.00940 e. The molecule has 0 aromatic heterocycles. The zero-order chi connectivity index (χ0) is 12.8. The summed E-state index contributed by atoms with van der Waals surface area (Å²) in [5, 5.41) is 0. The minimum atomic E-state index is 0.901. The van der Waals surface area contributed by atoms with Gasteiger partial charge in [0, 0.05) is 0 Å². The molecule has 0 heterocycles. The molecule has 90 valence electrons. The first-order valence-corrected chi connectivity index (χ1v) is 6.24. The van der Waals surface area contributed by atoms with E-state index in [1.54, 1.807) is 0 Å². The van der Waals surface area contributed by atoms with Gasteiger partial charge in [-0.2, -0.15) is 0 Å². The Morgan fingerprint density at radius 3 is 1.44 bits per heavy atom. The summed E-state index contributed by atoms with van der Waals surface area (Å²) >= 11 is 0. The van der Waals surface area contributed by atoms with Crippen LogP contribution in [-0.2, 0) is 12.8 Å². The van der Waals surface area contributed by atoms with E-state index in [0.717, 1.165) is 12.8 Å². The van der Waals surface area contributed by atoms with Gasteiger partial charge in [-0.15, -0.1) is 13.2 Å². The van der Waals surface area contributed by atoms with E-state index in [1.165, 1.54) is 22.3 Å². The van der Waals surface area contributed by atoms with Crippen LogP contribution in [0.1, 0.15) is 11.1 Å². The number of hydrogen-bond acceptors (Lipinski definition) is 0. The first-order chi connectivity index (χ1) is 8.86. The zero-order valence-electron chi connectivity index (χ0n) is 10.6. The Labute approximate surface area is 109 Å². The molecule has 0 atom stereocenters. The van der Waals surface area contributed by atoms with Crippen LogP contribution in [0.25, 0.3) is 11.1 Å². The second-order valence-electron chi connectivity index (χ2n) is 4.30. The molecule has 0 bridgehead atoms. The van der Waals surface area contributed by atoms with Gasteiger partial charge in [0.15, 0.2) is 0 Å². The molecule has 0 aliphatic rings. The molecule has 2 aromatic carbocycles. The van der Waals surface area contributed by atoms with Crippen molar-refractivity contribution >= 4 is 0 Å². The van der Waals surface area contributed by atoms with E-state index in [-0.39, 0.29) is 0 Å². The second kappa shape index (κ2) is 6.02. The van der Waals surface area contributed by atoms with Gasteiger partial charge in [-0.1, -0.05) is 60.7 Å². The maximum Gasteiger partial charge on any atom is -0.00940 e. The summed E-state index contributed by atoms with van der Waals surface area (Å²) in [6.45, 7) is 7.67. The highest BCUT2D eigenvalue weighted by Gasteiger charge is 2.06. The van der Waals surface area contributed by atoms with Crippen LogP contribution in [0.3, 0.4) is 0 Å². The Morgan fingerprint density at radius 2 is 1.06 bits per heavy atom. The quantitative estimate of drug-likeness (QED) is 0.651. The van der Waals surface area contributed by atoms with Crippen molar-refractivity contribution < 1.29 is 0 Å². The van der Waals surface area contributed by atoms with Crippen molar-refractivity contribution in [3.63, 3.8) is 0 Å². The molecule has 0 nitrogen and oxygen atoms in total. The predicted octanol–water partition coefficient (Wildman–Crippen LogP) is 4.81. The molecule has 0 fully saturated rings. The van der Waals surface area contributed by atoms with Crippen LogP contribution < -0.4 is 0 Å². The van der Waals surface area contributed by atoms with E-state index in [9.17, 15) is 0 Å². The summed E-state index contributed by atoms with van der Waals surface area (Å²) in [6.07, 6.45) is 5.71. The molecule has 2 rings (SSSR count). The second-order valence-corrected chi connectivity index (χ2v) is 4.30. The minimum Gasteiger partial charge on any atom is -0.103 e. The number of hydrogen-bond donors (Lipinski definition) is 0. The Kier molecular flexibility index (Phi) is 4.14. The summed E-state index contributed by atoms with van der Waals surface area (Å²) in [6, 6.07) is 17.0. The third kappa shape index (κ3) is 2.60. The highest BCUT2D eigenvalue weighted by atomic mass is 14.1. The lowest BCUT2D eigenvalue weighted by Crippen LogP contribution is -1.92. The molecule has 0 saturated heterocycles. The average molecular weight is 234 g/mol. The first kappa shape index (κ1) is 12.4. The Bertz CT molecular complexity index is 498. The maximum atomic E-state index is 3.83. The van der Waals surface area contributed by atoms with Crippen LogP contribution in [0.5, 0.6) is 0 Å². The largest absolute Gasteiger partial charge is 0.103 e. The van der Waals surface area contributed by atoms with Crippen molar-refractivity contribution in [2.24, 2.45) is 0 Å². The maximum absolute atomic E-state index is 3.83. The van der Waals surface area contributed by atoms with Gasteiger partial charge in [-0.3, -0.25) is 0 Å². The molecule has 0 aliphatic carbocycles. The highest BCUT2D eigenvalue weighted by molar-refractivity contribution is 5.71. The van der Waals surface area contributed by atoms with Crippen molar-refractivity contribution in [1.82, 2.24) is 0 Å². The highest BCUT2D eigenvalue weighted by Crippen LogP contribution is 2.28. The standard InChI is InChI=1S/C18H18/c1-3-9-15-11-5-7-13-17(15)18-14-8-6-12-16(18)10-4-2/h3-8,11-14H,1-2,9-10H2. The molecule has 0 amide bonds. The van der Waals surface area contributed by atoms with E-state index < -0.39 is 0 Å². The Balaban J connectivity index is 2.54. The van der Waals surface area contributed by atoms with Gasteiger partial charge < -0.3 is 0 Å². The number of benzene rings is 2. The fraction of sp³-hybridized carbons (Fsp3) is 0.111. The fourth-order valence-electron chi connectivity index (χ4n) is 2.23. The van der Waals surface area contributed by atoms with Crippen LogP contribution >= 0.6 is 0 Å². The van der Waals surface area contributed by atoms with Crippen molar-refractivity contribution in [3.05, 3.63) is 85.0 Å². The SMILES string of the molecule is C=CCc1ccccc1-c1ccccc1CC=C. The van der Waals surface area contributed by atoms with Crippen molar-refractivity contribution in [3.8, 4) is 11.1 Å². The van der Waals surface area contributed by atoms with Crippen LogP contribution in [0, 0.1) is 0 Å². The monoisotopic (exact) mass is 234 g/mol. The number of allylic oxidation sites excluding steroid dienone is 2. The topological polar surface area (TPSA) is 0 Å². The summed E-state index contributed by atoms with van der Waals surface area (Å²) in [7, 11) is 0. The van der Waals surface area contributed by atoms with Gasteiger partial charge in [-0.25, -0.2) is 0 Å². The van der Waals surface area contributed by atoms with Gasteiger partial charge >= 0.3 is 0 Å². The van der Waals surface area contributed by atoms with E-state index in [0.29, 0.717) is 0 Å². The molecule has 0 N–H and O–H groups in total. The lowest BCUT2D eigenvalue weighted by molar-refractivity contribution is 1.24. The molecular formula is C18H18. The Morgan fingerprint density at radius 1 is 0.667 bits per heavy atom. The van der Waals surface area contributed by atoms with Crippen LogP contribution in [0.4, 0.5) is 0 Å². The van der Waals surface area contributed by atoms with Gasteiger partial charge in [0.2, 0.25) is 0 Å². The van der Waals surface area contributed by atoms with Gasteiger partial charge in [0.1, 0.15) is 0 Å². The zero-order valence-corrected chi connectivity index (χ0v) is 10.6. The van der Waals surface area contributed by atoms with Gasteiger partial charge in [0.25, 0.3) is 0 Å². The Hall–Kier alpha value is -2.08. The van der Waals surface area contributed by atoms with Gasteiger partial charge in [0.05, 0.1) is 0 Å².